The average molecular weight is 265 g/mol. The summed E-state index contributed by atoms with van der Waals surface area (Å²) >= 11 is 6.32. The molecule has 1 aromatic rings. The van der Waals surface area contributed by atoms with Crippen LogP contribution in [0.4, 0.5) is 5.13 Å². The van der Waals surface area contributed by atoms with Crippen LogP contribution < -0.4 is 4.90 Å². The zero-order valence-electron chi connectivity index (χ0n) is 7.97. The molecule has 0 unspecified atom stereocenters. The van der Waals surface area contributed by atoms with Crippen molar-refractivity contribution in [2.24, 2.45) is 0 Å². The third-order valence-electron chi connectivity index (χ3n) is 2.25. The van der Waals surface area contributed by atoms with Crippen molar-refractivity contribution in [1.82, 2.24) is 10.2 Å². The van der Waals surface area contributed by atoms with Gasteiger partial charge in [-0.3, -0.25) is 5.10 Å². The quantitative estimate of drug-likeness (QED) is 0.762. The monoisotopic (exact) mass is 265 g/mol. The van der Waals surface area contributed by atoms with E-state index in [0.717, 1.165) is 11.7 Å². The molecule has 84 valence electrons. The lowest BCUT2D eigenvalue weighted by Crippen LogP contribution is -2.26. The van der Waals surface area contributed by atoms with Crippen molar-refractivity contribution in [3.05, 3.63) is 3.95 Å². The van der Waals surface area contributed by atoms with Crippen LogP contribution in [-0.4, -0.2) is 43.2 Å². The number of hydrogen-bond acceptors (Lipinski definition) is 6. The molecule has 5 nitrogen and oxygen atoms in total. The predicted molar refractivity (Wildman–Crippen MR) is 62.8 cm³/mol. The van der Waals surface area contributed by atoms with E-state index in [9.17, 15) is 8.42 Å². The van der Waals surface area contributed by atoms with Gasteiger partial charge in [-0.05, 0) is 18.6 Å². The van der Waals surface area contributed by atoms with E-state index in [4.69, 9.17) is 12.2 Å². The molecule has 1 fully saturated rings. The summed E-state index contributed by atoms with van der Waals surface area (Å²) in [6, 6.07) is 0. The van der Waals surface area contributed by atoms with Gasteiger partial charge in [0.05, 0.1) is 11.5 Å². The van der Waals surface area contributed by atoms with E-state index in [1.54, 1.807) is 0 Å². The highest BCUT2D eigenvalue weighted by Crippen LogP contribution is 2.19. The minimum atomic E-state index is -2.85. The maximum absolute atomic E-state index is 11.4. The largest absolute Gasteiger partial charge is 0.346 e. The van der Waals surface area contributed by atoms with Gasteiger partial charge in [0.15, 0.2) is 13.8 Å². The van der Waals surface area contributed by atoms with Crippen LogP contribution in [0, 0.1) is 3.95 Å². The molecule has 1 aromatic heterocycles. The first kappa shape index (κ1) is 11.0. The Balaban J connectivity index is 2.15. The third-order valence-corrected chi connectivity index (χ3v) is 5.12. The molecule has 1 aliphatic rings. The van der Waals surface area contributed by atoms with Gasteiger partial charge in [-0.15, -0.1) is 5.10 Å². The molecule has 0 spiro atoms. The number of sulfone groups is 1. The molecule has 2 rings (SSSR count). The van der Waals surface area contributed by atoms with Crippen LogP contribution in [0.1, 0.15) is 6.42 Å². The van der Waals surface area contributed by atoms with Gasteiger partial charge >= 0.3 is 0 Å². The second-order valence-electron chi connectivity index (χ2n) is 3.39. The zero-order valence-corrected chi connectivity index (χ0v) is 10.4. The molecule has 0 saturated carbocycles. The van der Waals surface area contributed by atoms with Gasteiger partial charge in [-0.1, -0.05) is 11.3 Å². The molecule has 0 aromatic carbocycles. The van der Waals surface area contributed by atoms with Crippen molar-refractivity contribution in [3.8, 4) is 0 Å². The van der Waals surface area contributed by atoms with Crippen molar-refractivity contribution in [1.29, 1.82) is 0 Å². The second-order valence-corrected chi connectivity index (χ2v) is 7.34. The summed E-state index contributed by atoms with van der Waals surface area (Å²) in [5.74, 6) is 0.485. The van der Waals surface area contributed by atoms with E-state index in [2.05, 4.69) is 10.2 Å². The molecule has 0 aliphatic carbocycles. The molecule has 0 bridgehead atoms. The summed E-state index contributed by atoms with van der Waals surface area (Å²) < 4.78 is 23.4. The molecule has 0 atom stereocenters. The molecular formula is C7H11N3O2S3. The number of nitrogens with one attached hydrogen (secondary N) is 1. The molecule has 15 heavy (non-hydrogen) atoms. The van der Waals surface area contributed by atoms with E-state index >= 15 is 0 Å². The fourth-order valence-electron chi connectivity index (χ4n) is 1.49. The maximum atomic E-state index is 11.4. The van der Waals surface area contributed by atoms with Crippen LogP contribution in [0.15, 0.2) is 0 Å². The van der Waals surface area contributed by atoms with Gasteiger partial charge < -0.3 is 4.90 Å². The summed E-state index contributed by atoms with van der Waals surface area (Å²) in [4.78, 5) is 1.97. The number of aromatic amines is 1. The number of hydrogen-bond donors (Lipinski definition) is 1. The molecule has 1 aliphatic heterocycles. The fourth-order valence-corrected chi connectivity index (χ4v) is 3.69. The van der Waals surface area contributed by atoms with E-state index in [1.807, 2.05) is 4.90 Å². The first-order valence-electron chi connectivity index (χ1n) is 4.58. The molecule has 1 N–H and O–H groups in total. The normalized spacial score (nSPS) is 21.2. The van der Waals surface area contributed by atoms with Crippen LogP contribution >= 0.6 is 23.6 Å². The second kappa shape index (κ2) is 4.18. The number of aromatic nitrogens is 2. The lowest BCUT2D eigenvalue weighted by Gasteiger charge is -2.16. The Labute approximate surface area is 97.0 Å². The number of rotatable bonds is 1. The highest BCUT2D eigenvalue weighted by molar-refractivity contribution is 7.91. The molecule has 0 radical (unpaired) electrons. The Morgan fingerprint density at radius 1 is 1.40 bits per heavy atom. The van der Waals surface area contributed by atoms with E-state index in [-0.39, 0.29) is 11.5 Å². The molecular weight excluding hydrogens is 254 g/mol. The smallest absolute Gasteiger partial charge is 0.206 e. The Kier molecular flexibility index (Phi) is 3.08. The summed E-state index contributed by atoms with van der Waals surface area (Å²) in [6.07, 6.45) is 0.661. The lowest BCUT2D eigenvalue weighted by molar-refractivity contribution is 0.597. The Bertz CT molecular complexity index is 490. The number of nitrogens with zero attached hydrogens (tertiary/aromatic N) is 2. The van der Waals surface area contributed by atoms with Gasteiger partial charge in [0, 0.05) is 13.1 Å². The minimum absolute atomic E-state index is 0.208. The molecule has 1 saturated heterocycles. The van der Waals surface area contributed by atoms with Gasteiger partial charge in [0.2, 0.25) is 5.13 Å². The SMILES string of the molecule is O=S1(=O)CCCN(c2n[nH]c(=S)s2)CC1. The topological polar surface area (TPSA) is 66.1 Å². The Hall–Kier alpha value is -0.470. The van der Waals surface area contributed by atoms with Crippen LogP contribution in [0.2, 0.25) is 0 Å². The van der Waals surface area contributed by atoms with Gasteiger partial charge in [-0.2, -0.15) is 0 Å². The fraction of sp³-hybridized carbons (Fsp3) is 0.714. The van der Waals surface area contributed by atoms with Crippen LogP contribution in [0.3, 0.4) is 0 Å². The maximum Gasteiger partial charge on any atom is 0.206 e. The molecule has 2 heterocycles. The van der Waals surface area contributed by atoms with Gasteiger partial charge in [0.25, 0.3) is 0 Å². The summed E-state index contributed by atoms with van der Waals surface area (Å²) in [5.41, 5.74) is 0. The highest BCUT2D eigenvalue weighted by atomic mass is 32.2. The third kappa shape index (κ3) is 2.76. The van der Waals surface area contributed by atoms with E-state index in [1.165, 1.54) is 11.3 Å². The lowest BCUT2D eigenvalue weighted by atomic mass is 10.4. The minimum Gasteiger partial charge on any atom is -0.346 e. The standard InChI is InChI=1S/C7H11N3O2S3/c11-15(12)4-1-2-10(3-5-15)6-8-9-7(13)14-6/h1-5H2,(H,9,13). The van der Waals surface area contributed by atoms with Crippen molar-refractivity contribution in [3.63, 3.8) is 0 Å². The Morgan fingerprint density at radius 3 is 2.87 bits per heavy atom. The Morgan fingerprint density at radius 2 is 2.20 bits per heavy atom. The van der Waals surface area contributed by atoms with E-state index in [0.29, 0.717) is 16.9 Å². The number of anilines is 1. The molecule has 8 heteroatoms. The van der Waals surface area contributed by atoms with Crippen LogP contribution in [-0.2, 0) is 9.84 Å². The predicted octanol–water partition coefficient (Wildman–Crippen LogP) is 0.826. The van der Waals surface area contributed by atoms with Gasteiger partial charge in [-0.25, -0.2) is 8.42 Å². The van der Waals surface area contributed by atoms with Crippen molar-refractivity contribution in [2.75, 3.05) is 29.5 Å². The first-order chi connectivity index (χ1) is 7.07. The van der Waals surface area contributed by atoms with Crippen LogP contribution in [0.25, 0.3) is 0 Å². The summed E-state index contributed by atoms with van der Waals surface area (Å²) in [5, 5.41) is 7.54. The summed E-state index contributed by atoms with van der Waals surface area (Å²) in [7, 11) is -2.85. The van der Waals surface area contributed by atoms with Crippen molar-refractivity contribution in [2.45, 2.75) is 6.42 Å². The van der Waals surface area contributed by atoms with Crippen LogP contribution in [0.5, 0.6) is 0 Å². The number of H-pyrrole nitrogens is 1. The van der Waals surface area contributed by atoms with Gasteiger partial charge in [0.1, 0.15) is 0 Å². The first-order valence-corrected chi connectivity index (χ1v) is 7.62. The summed E-state index contributed by atoms with van der Waals surface area (Å²) in [6.45, 7) is 1.24. The highest BCUT2D eigenvalue weighted by Gasteiger charge is 2.20. The van der Waals surface area contributed by atoms with Crippen molar-refractivity contribution >= 4 is 38.5 Å². The van der Waals surface area contributed by atoms with E-state index < -0.39 is 9.84 Å². The van der Waals surface area contributed by atoms with Crippen molar-refractivity contribution < 1.29 is 8.42 Å². The molecule has 0 amide bonds. The zero-order chi connectivity index (χ0) is 10.9. The average Bonchev–Trinajstić information content (AvgIpc) is 2.49.